The fourth-order valence-electron chi connectivity index (χ4n) is 3.84. The molecular formula is C19H22N2O2S. The van der Waals surface area contributed by atoms with Crippen molar-refractivity contribution in [3.63, 3.8) is 0 Å². The third-order valence-electron chi connectivity index (χ3n) is 5.13. The molecule has 1 aromatic rings. The lowest BCUT2D eigenvalue weighted by molar-refractivity contribution is -0.124. The van der Waals surface area contributed by atoms with Crippen LogP contribution in [0.15, 0.2) is 35.9 Å². The van der Waals surface area contributed by atoms with Gasteiger partial charge >= 0.3 is 0 Å². The highest BCUT2D eigenvalue weighted by Crippen LogP contribution is 2.47. The molecule has 5 heteroatoms. The molecule has 1 N–H and O–H groups in total. The van der Waals surface area contributed by atoms with Gasteiger partial charge in [0.15, 0.2) is 0 Å². The van der Waals surface area contributed by atoms with Crippen molar-refractivity contribution in [1.82, 2.24) is 10.2 Å². The molecule has 2 aliphatic heterocycles. The Balaban J connectivity index is 1.38. The minimum atomic E-state index is -0.347. The van der Waals surface area contributed by atoms with E-state index in [1.807, 2.05) is 24.3 Å². The Kier molecular flexibility index (Phi) is 4.35. The summed E-state index contributed by atoms with van der Waals surface area (Å²) in [5.41, 5.74) is 3.26. The minimum Gasteiger partial charge on any atom is -0.354 e. The van der Waals surface area contributed by atoms with E-state index in [1.54, 1.807) is 16.7 Å². The summed E-state index contributed by atoms with van der Waals surface area (Å²) in [7, 11) is 0. The lowest BCUT2D eigenvalue weighted by Crippen LogP contribution is -2.46. The first-order valence-corrected chi connectivity index (χ1v) is 9.79. The predicted molar refractivity (Wildman–Crippen MR) is 95.8 cm³/mol. The second-order valence-corrected chi connectivity index (χ2v) is 7.76. The third-order valence-corrected chi connectivity index (χ3v) is 6.43. The highest BCUT2D eigenvalue weighted by atomic mass is 32.2. The number of rotatable bonds is 4. The average molecular weight is 342 g/mol. The number of fused-ring (bicyclic) bond motifs is 3. The Morgan fingerprint density at radius 1 is 1.29 bits per heavy atom. The lowest BCUT2D eigenvalue weighted by Gasteiger charge is -2.23. The zero-order valence-electron chi connectivity index (χ0n) is 13.7. The third kappa shape index (κ3) is 2.75. The summed E-state index contributed by atoms with van der Waals surface area (Å²) in [6.07, 6.45) is 8.14. The number of hydrogen-bond donors (Lipinski definition) is 1. The van der Waals surface area contributed by atoms with Gasteiger partial charge < -0.3 is 10.2 Å². The van der Waals surface area contributed by atoms with Crippen LogP contribution < -0.4 is 5.32 Å². The van der Waals surface area contributed by atoms with Crippen LogP contribution >= 0.6 is 11.8 Å². The first-order valence-electron chi connectivity index (χ1n) is 8.74. The number of nitrogens with one attached hydrogen (secondary N) is 1. The van der Waals surface area contributed by atoms with Gasteiger partial charge in [0.25, 0.3) is 5.91 Å². The normalized spacial score (nSPS) is 25.2. The van der Waals surface area contributed by atoms with E-state index >= 15 is 0 Å². The van der Waals surface area contributed by atoms with Crippen molar-refractivity contribution in [2.24, 2.45) is 0 Å². The van der Waals surface area contributed by atoms with Crippen molar-refractivity contribution in [3.05, 3.63) is 47.0 Å². The minimum absolute atomic E-state index is 0.00395. The molecule has 2 heterocycles. The molecular weight excluding hydrogens is 320 g/mol. The number of allylic oxidation sites excluding steroid dienone is 1. The maximum atomic E-state index is 12.6. The number of hydrogen-bond acceptors (Lipinski definition) is 3. The van der Waals surface area contributed by atoms with Crippen LogP contribution in [0, 0.1) is 0 Å². The first kappa shape index (κ1) is 15.8. The van der Waals surface area contributed by atoms with Crippen LogP contribution in [0.1, 0.15) is 53.4 Å². The number of amides is 2. The van der Waals surface area contributed by atoms with E-state index in [0.29, 0.717) is 12.3 Å². The van der Waals surface area contributed by atoms with Gasteiger partial charge in [-0.05, 0) is 43.7 Å². The molecule has 24 heavy (non-hydrogen) atoms. The van der Waals surface area contributed by atoms with E-state index in [4.69, 9.17) is 0 Å². The van der Waals surface area contributed by atoms with Crippen LogP contribution in [0.3, 0.4) is 0 Å². The molecule has 0 spiro atoms. The zero-order chi connectivity index (χ0) is 16.5. The molecule has 0 saturated carbocycles. The Bertz CT molecular complexity index is 700. The molecule has 0 aromatic heterocycles. The topological polar surface area (TPSA) is 49.4 Å². The quantitative estimate of drug-likeness (QED) is 0.855. The number of thioether (sulfide) groups is 1. The molecule has 1 aliphatic carbocycles. The van der Waals surface area contributed by atoms with Crippen molar-refractivity contribution in [3.8, 4) is 0 Å². The Morgan fingerprint density at radius 3 is 3.00 bits per heavy atom. The fraction of sp³-hybridized carbons (Fsp3) is 0.474. The second kappa shape index (κ2) is 6.63. The number of benzene rings is 1. The van der Waals surface area contributed by atoms with Crippen molar-refractivity contribution in [2.45, 2.75) is 43.5 Å². The van der Waals surface area contributed by atoms with Crippen LogP contribution in [-0.2, 0) is 4.79 Å². The van der Waals surface area contributed by atoms with Crippen LogP contribution in [-0.4, -0.2) is 35.1 Å². The van der Waals surface area contributed by atoms with E-state index in [0.717, 1.165) is 24.0 Å². The van der Waals surface area contributed by atoms with E-state index < -0.39 is 0 Å². The second-order valence-electron chi connectivity index (χ2n) is 6.65. The Morgan fingerprint density at radius 2 is 2.17 bits per heavy atom. The Hall–Kier alpha value is -1.75. The molecule has 0 bridgehead atoms. The SMILES string of the molecule is O=C(NCCC1=CCCCC1)[C@@H]1CS[C@H]2c3ccccc3C(=O)N12. The van der Waals surface area contributed by atoms with Crippen LogP contribution in [0.5, 0.6) is 0 Å². The van der Waals surface area contributed by atoms with Crippen molar-refractivity contribution < 1.29 is 9.59 Å². The van der Waals surface area contributed by atoms with Gasteiger partial charge in [-0.2, -0.15) is 0 Å². The largest absolute Gasteiger partial charge is 0.354 e. The summed E-state index contributed by atoms with van der Waals surface area (Å²) >= 11 is 1.69. The smallest absolute Gasteiger partial charge is 0.256 e. The van der Waals surface area contributed by atoms with Crippen LogP contribution in [0.2, 0.25) is 0 Å². The van der Waals surface area contributed by atoms with Gasteiger partial charge in [0.05, 0.1) is 0 Å². The lowest BCUT2D eigenvalue weighted by atomic mass is 9.97. The van der Waals surface area contributed by atoms with Gasteiger partial charge in [-0.15, -0.1) is 11.8 Å². The van der Waals surface area contributed by atoms with Crippen molar-refractivity contribution >= 4 is 23.6 Å². The molecule has 2 amide bonds. The molecule has 1 fully saturated rings. The monoisotopic (exact) mass is 342 g/mol. The molecule has 0 radical (unpaired) electrons. The molecule has 4 rings (SSSR count). The standard InChI is InChI=1S/C19H22N2O2S/c22-17(20-11-10-13-6-2-1-3-7-13)16-12-24-19-15-9-5-4-8-14(15)18(23)21(16)19/h4-6,8-9,16,19H,1-3,7,10-12H2,(H,20,22)/t16-,19-/m0/s1. The summed E-state index contributed by atoms with van der Waals surface area (Å²) in [6, 6.07) is 7.36. The van der Waals surface area contributed by atoms with Gasteiger partial charge in [0.2, 0.25) is 5.91 Å². The van der Waals surface area contributed by atoms with Gasteiger partial charge in [-0.1, -0.05) is 29.8 Å². The van der Waals surface area contributed by atoms with Gasteiger partial charge in [0, 0.05) is 17.9 Å². The van der Waals surface area contributed by atoms with Crippen LogP contribution in [0.25, 0.3) is 0 Å². The molecule has 1 saturated heterocycles. The zero-order valence-corrected chi connectivity index (χ0v) is 14.5. The molecule has 2 atom stereocenters. The number of carbonyl (C=O) groups excluding carboxylic acids is 2. The Labute approximate surface area is 146 Å². The molecule has 126 valence electrons. The highest BCUT2D eigenvalue weighted by molar-refractivity contribution is 7.99. The molecule has 4 nitrogen and oxygen atoms in total. The first-order chi connectivity index (χ1) is 11.8. The number of carbonyl (C=O) groups is 2. The van der Waals surface area contributed by atoms with E-state index in [9.17, 15) is 9.59 Å². The molecule has 1 aromatic carbocycles. The molecule has 0 unspecified atom stereocenters. The summed E-state index contributed by atoms with van der Waals surface area (Å²) in [6.45, 7) is 0.672. The van der Waals surface area contributed by atoms with E-state index in [-0.39, 0.29) is 23.2 Å². The average Bonchev–Trinajstić information content (AvgIpc) is 3.17. The summed E-state index contributed by atoms with van der Waals surface area (Å²) in [5.74, 6) is 0.664. The van der Waals surface area contributed by atoms with Gasteiger partial charge in [0.1, 0.15) is 11.4 Å². The van der Waals surface area contributed by atoms with Gasteiger partial charge in [-0.3, -0.25) is 9.59 Å². The van der Waals surface area contributed by atoms with Crippen molar-refractivity contribution in [2.75, 3.05) is 12.3 Å². The summed E-state index contributed by atoms with van der Waals surface area (Å²) in [5, 5.41) is 3.05. The van der Waals surface area contributed by atoms with Gasteiger partial charge in [-0.25, -0.2) is 0 Å². The highest BCUT2D eigenvalue weighted by Gasteiger charge is 2.48. The van der Waals surface area contributed by atoms with E-state index in [2.05, 4.69) is 11.4 Å². The van der Waals surface area contributed by atoms with E-state index in [1.165, 1.54) is 24.8 Å². The summed E-state index contributed by atoms with van der Waals surface area (Å²) in [4.78, 5) is 27.0. The predicted octanol–water partition coefficient (Wildman–Crippen LogP) is 3.26. The molecule has 3 aliphatic rings. The van der Waals surface area contributed by atoms with Crippen LogP contribution in [0.4, 0.5) is 0 Å². The maximum absolute atomic E-state index is 12.6. The maximum Gasteiger partial charge on any atom is 0.256 e. The number of nitrogens with zero attached hydrogens (tertiary/aromatic N) is 1. The van der Waals surface area contributed by atoms with Crippen molar-refractivity contribution in [1.29, 1.82) is 0 Å². The fourth-order valence-corrected chi connectivity index (χ4v) is 5.30. The summed E-state index contributed by atoms with van der Waals surface area (Å²) < 4.78 is 0.